The highest BCUT2D eigenvalue weighted by molar-refractivity contribution is 5.39. The normalized spacial score (nSPS) is 9.80. The molecule has 0 bridgehead atoms. The van der Waals surface area contributed by atoms with E-state index in [0.29, 0.717) is 0 Å². The summed E-state index contributed by atoms with van der Waals surface area (Å²) >= 11 is 0. The molecule has 0 aliphatic carbocycles. The van der Waals surface area contributed by atoms with Crippen LogP contribution in [0.3, 0.4) is 0 Å². The van der Waals surface area contributed by atoms with Gasteiger partial charge < -0.3 is 11.5 Å². The molecule has 3 nitrogen and oxygen atoms in total. The molecular formula is C6H8FN3. The third kappa shape index (κ3) is 1.06. The van der Waals surface area contributed by atoms with Crippen molar-refractivity contribution in [3.8, 4) is 0 Å². The first-order valence-electron chi connectivity index (χ1n) is 2.84. The van der Waals surface area contributed by atoms with Crippen molar-refractivity contribution < 1.29 is 4.39 Å². The van der Waals surface area contributed by atoms with Gasteiger partial charge in [0, 0.05) is 12.7 Å². The summed E-state index contributed by atoms with van der Waals surface area (Å²) in [5.74, 6) is -0.509. The van der Waals surface area contributed by atoms with Crippen molar-refractivity contribution in [1.29, 1.82) is 0 Å². The van der Waals surface area contributed by atoms with Crippen LogP contribution in [0.25, 0.3) is 0 Å². The number of anilines is 1. The minimum Gasteiger partial charge on any atom is -0.396 e. The van der Waals surface area contributed by atoms with Crippen molar-refractivity contribution in [3.63, 3.8) is 0 Å². The number of nitrogens with two attached hydrogens (primary N) is 2. The Labute approximate surface area is 57.9 Å². The van der Waals surface area contributed by atoms with E-state index in [2.05, 4.69) is 4.98 Å². The maximum absolute atomic E-state index is 12.7. The molecule has 0 spiro atoms. The number of pyridine rings is 1. The molecule has 1 heterocycles. The Hall–Kier alpha value is -1.16. The van der Waals surface area contributed by atoms with Gasteiger partial charge >= 0.3 is 0 Å². The van der Waals surface area contributed by atoms with E-state index < -0.39 is 5.82 Å². The average molecular weight is 141 g/mol. The molecule has 10 heavy (non-hydrogen) atoms. The zero-order valence-corrected chi connectivity index (χ0v) is 5.34. The molecule has 1 aromatic heterocycles. The van der Waals surface area contributed by atoms with Gasteiger partial charge in [-0.05, 0) is 6.07 Å². The molecule has 0 aliphatic rings. The number of nitrogen functional groups attached to an aromatic ring is 1. The van der Waals surface area contributed by atoms with Crippen LogP contribution in [0.15, 0.2) is 12.3 Å². The van der Waals surface area contributed by atoms with Crippen LogP contribution in [0.1, 0.15) is 5.69 Å². The second-order valence-electron chi connectivity index (χ2n) is 1.86. The topological polar surface area (TPSA) is 64.9 Å². The first-order chi connectivity index (χ1) is 4.75. The highest BCUT2D eigenvalue weighted by Gasteiger charge is 2.03. The Morgan fingerprint density at radius 1 is 1.60 bits per heavy atom. The van der Waals surface area contributed by atoms with Crippen LogP contribution < -0.4 is 11.5 Å². The number of nitrogens with zero attached hydrogens (tertiary/aromatic N) is 1. The predicted octanol–water partition coefficient (Wildman–Crippen LogP) is 0.262. The second-order valence-corrected chi connectivity index (χ2v) is 1.86. The molecular weight excluding hydrogens is 133 g/mol. The quantitative estimate of drug-likeness (QED) is 0.589. The number of hydrogen-bond donors (Lipinski definition) is 2. The average Bonchev–Trinajstić information content (AvgIpc) is 1.95. The summed E-state index contributed by atoms with van der Waals surface area (Å²) in [5, 5.41) is 0. The monoisotopic (exact) mass is 141 g/mol. The van der Waals surface area contributed by atoms with Crippen molar-refractivity contribution in [2.45, 2.75) is 6.54 Å². The van der Waals surface area contributed by atoms with Gasteiger partial charge in [-0.3, -0.25) is 4.98 Å². The van der Waals surface area contributed by atoms with Gasteiger partial charge in [0.2, 0.25) is 0 Å². The number of hydrogen-bond acceptors (Lipinski definition) is 3. The standard InChI is InChI=1S/C6H8FN3/c7-6-4(9)1-2-10-5(6)3-8/h1-2H,3,8H2,(H2,9,10). The smallest absolute Gasteiger partial charge is 0.168 e. The van der Waals surface area contributed by atoms with E-state index >= 15 is 0 Å². The molecule has 54 valence electrons. The van der Waals surface area contributed by atoms with E-state index in [4.69, 9.17) is 11.5 Å². The largest absolute Gasteiger partial charge is 0.396 e. The van der Waals surface area contributed by atoms with Crippen LogP contribution in [-0.4, -0.2) is 4.98 Å². The molecule has 0 fully saturated rings. The fraction of sp³-hybridized carbons (Fsp3) is 0.167. The lowest BCUT2D eigenvalue weighted by Gasteiger charge is -1.99. The molecule has 0 saturated heterocycles. The molecule has 1 aromatic rings. The third-order valence-electron chi connectivity index (χ3n) is 1.18. The van der Waals surface area contributed by atoms with E-state index in [1.807, 2.05) is 0 Å². The first-order valence-corrected chi connectivity index (χ1v) is 2.84. The molecule has 0 atom stereocenters. The van der Waals surface area contributed by atoms with Crippen molar-refractivity contribution >= 4 is 5.69 Å². The first kappa shape index (κ1) is 6.95. The lowest BCUT2D eigenvalue weighted by Crippen LogP contribution is -2.04. The van der Waals surface area contributed by atoms with Crippen LogP contribution >= 0.6 is 0 Å². The van der Waals surface area contributed by atoms with Crippen molar-refractivity contribution in [1.82, 2.24) is 4.98 Å². The summed E-state index contributed by atoms with van der Waals surface area (Å²) in [6.07, 6.45) is 1.43. The van der Waals surface area contributed by atoms with Gasteiger partial charge in [-0.25, -0.2) is 4.39 Å². The van der Waals surface area contributed by atoms with Crippen LogP contribution in [0, 0.1) is 5.82 Å². The molecule has 0 amide bonds. The van der Waals surface area contributed by atoms with E-state index in [0.717, 1.165) is 0 Å². The highest BCUT2D eigenvalue weighted by atomic mass is 19.1. The van der Waals surface area contributed by atoms with Crippen LogP contribution in [-0.2, 0) is 6.54 Å². The van der Waals surface area contributed by atoms with Crippen LogP contribution in [0.2, 0.25) is 0 Å². The fourth-order valence-corrected chi connectivity index (χ4v) is 0.646. The summed E-state index contributed by atoms with van der Waals surface area (Å²) in [7, 11) is 0. The lowest BCUT2D eigenvalue weighted by atomic mass is 10.3. The molecule has 0 aromatic carbocycles. The van der Waals surface area contributed by atoms with Crippen LogP contribution in [0.5, 0.6) is 0 Å². The van der Waals surface area contributed by atoms with E-state index in [9.17, 15) is 4.39 Å². The minimum atomic E-state index is -0.509. The Morgan fingerprint density at radius 3 is 2.80 bits per heavy atom. The lowest BCUT2D eigenvalue weighted by molar-refractivity contribution is 0.604. The molecule has 0 radical (unpaired) electrons. The number of aromatic nitrogens is 1. The molecule has 4 N–H and O–H groups in total. The van der Waals surface area contributed by atoms with Crippen molar-refractivity contribution in [2.75, 3.05) is 5.73 Å². The predicted molar refractivity (Wildman–Crippen MR) is 36.5 cm³/mol. The second kappa shape index (κ2) is 2.62. The maximum Gasteiger partial charge on any atom is 0.168 e. The summed E-state index contributed by atoms with van der Waals surface area (Å²) in [4.78, 5) is 3.68. The number of halogens is 1. The maximum atomic E-state index is 12.7. The van der Waals surface area contributed by atoms with Gasteiger partial charge in [0.25, 0.3) is 0 Å². The third-order valence-corrected chi connectivity index (χ3v) is 1.18. The summed E-state index contributed by atoms with van der Waals surface area (Å²) in [5.41, 5.74) is 10.7. The zero-order valence-electron chi connectivity index (χ0n) is 5.34. The van der Waals surface area contributed by atoms with Gasteiger partial charge in [0.15, 0.2) is 5.82 Å². The summed E-state index contributed by atoms with van der Waals surface area (Å²) < 4.78 is 12.7. The Kier molecular flexibility index (Phi) is 1.82. The molecule has 0 unspecified atom stereocenters. The number of rotatable bonds is 1. The SMILES string of the molecule is NCc1nccc(N)c1F. The zero-order chi connectivity index (χ0) is 7.56. The van der Waals surface area contributed by atoms with Gasteiger partial charge in [-0.15, -0.1) is 0 Å². The highest BCUT2D eigenvalue weighted by Crippen LogP contribution is 2.10. The van der Waals surface area contributed by atoms with Gasteiger partial charge in [-0.2, -0.15) is 0 Å². The Morgan fingerprint density at radius 2 is 2.30 bits per heavy atom. The van der Waals surface area contributed by atoms with Gasteiger partial charge in [-0.1, -0.05) is 0 Å². The van der Waals surface area contributed by atoms with Crippen LogP contribution in [0.4, 0.5) is 10.1 Å². The van der Waals surface area contributed by atoms with Crippen molar-refractivity contribution in [2.24, 2.45) is 5.73 Å². The van der Waals surface area contributed by atoms with E-state index in [-0.39, 0.29) is 17.9 Å². The van der Waals surface area contributed by atoms with Crippen molar-refractivity contribution in [3.05, 3.63) is 23.8 Å². The van der Waals surface area contributed by atoms with E-state index in [1.54, 1.807) is 0 Å². The molecule has 1 rings (SSSR count). The Balaban J connectivity index is 3.14. The van der Waals surface area contributed by atoms with Gasteiger partial charge in [0.1, 0.15) is 0 Å². The molecule has 4 heteroatoms. The van der Waals surface area contributed by atoms with E-state index in [1.165, 1.54) is 12.3 Å². The Bertz CT molecular complexity index is 236. The molecule has 0 saturated carbocycles. The molecule has 0 aliphatic heterocycles. The fourth-order valence-electron chi connectivity index (χ4n) is 0.646. The summed E-state index contributed by atoms with van der Waals surface area (Å²) in [6, 6.07) is 1.40. The van der Waals surface area contributed by atoms with Gasteiger partial charge in [0.05, 0.1) is 11.4 Å². The summed E-state index contributed by atoms with van der Waals surface area (Å²) in [6.45, 7) is 0.0802. The minimum absolute atomic E-state index is 0.0802.